The maximum atomic E-state index is 12.9. The summed E-state index contributed by atoms with van der Waals surface area (Å²) in [5, 5.41) is 2.74. The number of benzene rings is 1. The van der Waals surface area contributed by atoms with Crippen LogP contribution in [0.4, 0.5) is 10.1 Å². The quantitative estimate of drug-likeness (QED) is 0.839. The number of anilines is 1. The number of carbonyl (C=O) groups excluding carboxylic acids is 1. The molecular formula is C13H10FIN2O. The van der Waals surface area contributed by atoms with Gasteiger partial charge in [-0.15, -0.1) is 0 Å². The molecule has 0 bridgehead atoms. The molecule has 1 aromatic heterocycles. The summed E-state index contributed by atoms with van der Waals surface area (Å²) in [4.78, 5) is 16.0. The Morgan fingerprint density at radius 1 is 1.33 bits per heavy atom. The van der Waals surface area contributed by atoms with Crippen molar-refractivity contribution in [3.05, 3.63) is 57.2 Å². The third-order valence-corrected chi connectivity index (χ3v) is 3.23. The lowest BCUT2D eigenvalue weighted by atomic mass is 10.2. The van der Waals surface area contributed by atoms with Crippen LogP contribution in [0.3, 0.4) is 0 Å². The summed E-state index contributed by atoms with van der Waals surface area (Å²) < 4.78 is 13.6. The number of aryl methyl sites for hydroxylation is 1. The number of hydrogen-bond donors (Lipinski definition) is 1. The topological polar surface area (TPSA) is 42.0 Å². The molecule has 0 aliphatic carbocycles. The van der Waals surface area contributed by atoms with Crippen molar-refractivity contribution in [3.8, 4) is 0 Å². The molecule has 0 aliphatic rings. The van der Waals surface area contributed by atoms with Crippen molar-refractivity contribution in [1.29, 1.82) is 0 Å². The SMILES string of the molecule is Cc1cc(C(=O)Nc2ccc(F)cc2I)ccn1. The summed E-state index contributed by atoms with van der Waals surface area (Å²) in [7, 11) is 0. The Morgan fingerprint density at radius 2 is 2.11 bits per heavy atom. The molecule has 3 nitrogen and oxygen atoms in total. The number of nitrogens with one attached hydrogen (secondary N) is 1. The van der Waals surface area contributed by atoms with Crippen molar-refractivity contribution in [1.82, 2.24) is 4.98 Å². The molecule has 1 aromatic carbocycles. The van der Waals surface area contributed by atoms with Crippen LogP contribution in [0.5, 0.6) is 0 Å². The van der Waals surface area contributed by atoms with Gasteiger partial charge in [-0.05, 0) is 59.8 Å². The van der Waals surface area contributed by atoms with Gasteiger partial charge in [0.1, 0.15) is 5.82 Å². The number of hydrogen-bond acceptors (Lipinski definition) is 2. The van der Waals surface area contributed by atoms with Gasteiger partial charge in [0.25, 0.3) is 5.91 Å². The third kappa shape index (κ3) is 3.04. The first-order chi connectivity index (χ1) is 8.56. The highest BCUT2D eigenvalue weighted by Gasteiger charge is 2.09. The molecule has 0 radical (unpaired) electrons. The Balaban J connectivity index is 2.21. The smallest absolute Gasteiger partial charge is 0.255 e. The van der Waals surface area contributed by atoms with E-state index < -0.39 is 0 Å². The Kier molecular flexibility index (Phi) is 3.90. The minimum absolute atomic E-state index is 0.231. The number of nitrogens with zero attached hydrogens (tertiary/aromatic N) is 1. The highest BCUT2D eigenvalue weighted by atomic mass is 127. The molecule has 18 heavy (non-hydrogen) atoms. The molecule has 0 saturated heterocycles. The van der Waals surface area contributed by atoms with Crippen LogP contribution in [0.1, 0.15) is 16.1 Å². The summed E-state index contributed by atoms with van der Waals surface area (Å²) in [6.07, 6.45) is 1.58. The minimum Gasteiger partial charge on any atom is -0.321 e. The van der Waals surface area contributed by atoms with E-state index >= 15 is 0 Å². The van der Waals surface area contributed by atoms with Gasteiger partial charge in [-0.25, -0.2) is 4.39 Å². The van der Waals surface area contributed by atoms with Gasteiger partial charge >= 0.3 is 0 Å². The number of amides is 1. The monoisotopic (exact) mass is 356 g/mol. The second kappa shape index (κ2) is 5.43. The fourth-order valence-corrected chi connectivity index (χ4v) is 2.08. The van der Waals surface area contributed by atoms with Gasteiger partial charge in [-0.1, -0.05) is 0 Å². The van der Waals surface area contributed by atoms with Gasteiger partial charge in [-0.2, -0.15) is 0 Å². The molecule has 0 spiro atoms. The highest BCUT2D eigenvalue weighted by Crippen LogP contribution is 2.19. The average molecular weight is 356 g/mol. The highest BCUT2D eigenvalue weighted by molar-refractivity contribution is 14.1. The van der Waals surface area contributed by atoms with E-state index in [0.29, 0.717) is 14.8 Å². The van der Waals surface area contributed by atoms with Crippen molar-refractivity contribution in [2.75, 3.05) is 5.32 Å². The zero-order valence-electron chi connectivity index (χ0n) is 9.58. The summed E-state index contributed by atoms with van der Waals surface area (Å²) >= 11 is 1.98. The summed E-state index contributed by atoms with van der Waals surface area (Å²) in [6, 6.07) is 7.57. The van der Waals surface area contributed by atoms with E-state index in [1.54, 1.807) is 24.4 Å². The van der Waals surface area contributed by atoms with E-state index in [9.17, 15) is 9.18 Å². The predicted molar refractivity (Wildman–Crippen MR) is 76.0 cm³/mol. The zero-order chi connectivity index (χ0) is 13.1. The van der Waals surface area contributed by atoms with Gasteiger partial charge in [0.15, 0.2) is 0 Å². The van der Waals surface area contributed by atoms with Crippen molar-refractivity contribution < 1.29 is 9.18 Å². The molecule has 2 aromatic rings. The van der Waals surface area contributed by atoms with Crippen LogP contribution in [-0.2, 0) is 0 Å². The Labute approximate surface area is 118 Å². The van der Waals surface area contributed by atoms with Crippen LogP contribution in [0.15, 0.2) is 36.5 Å². The lowest BCUT2D eigenvalue weighted by molar-refractivity contribution is 0.102. The molecular weight excluding hydrogens is 346 g/mol. The molecule has 1 heterocycles. The molecule has 92 valence electrons. The number of halogens is 2. The second-order valence-corrected chi connectivity index (χ2v) is 4.93. The van der Waals surface area contributed by atoms with Crippen LogP contribution < -0.4 is 5.32 Å². The third-order valence-electron chi connectivity index (χ3n) is 2.34. The van der Waals surface area contributed by atoms with Crippen molar-refractivity contribution in [2.24, 2.45) is 0 Å². The van der Waals surface area contributed by atoms with Gasteiger partial charge in [-0.3, -0.25) is 9.78 Å². The van der Waals surface area contributed by atoms with Gasteiger partial charge in [0.2, 0.25) is 0 Å². The van der Waals surface area contributed by atoms with Crippen LogP contribution in [-0.4, -0.2) is 10.9 Å². The van der Waals surface area contributed by atoms with Crippen molar-refractivity contribution in [3.63, 3.8) is 0 Å². The van der Waals surface area contributed by atoms with E-state index in [2.05, 4.69) is 10.3 Å². The number of rotatable bonds is 2. The maximum Gasteiger partial charge on any atom is 0.255 e. The zero-order valence-corrected chi connectivity index (χ0v) is 11.7. The molecule has 0 aliphatic heterocycles. The molecule has 1 N–H and O–H groups in total. The first-order valence-electron chi connectivity index (χ1n) is 5.25. The fourth-order valence-electron chi connectivity index (χ4n) is 1.47. The largest absolute Gasteiger partial charge is 0.321 e. The van der Waals surface area contributed by atoms with Crippen LogP contribution >= 0.6 is 22.6 Å². The summed E-state index contributed by atoms with van der Waals surface area (Å²) in [5.41, 5.74) is 1.90. The Morgan fingerprint density at radius 3 is 2.78 bits per heavy atom. The van der Waals surface area contributed by atoms with Gasteiger partial charge in [0, 0.05) is 21.0 Å². The molecule has 2 rings (SSSR count). The van der Waals surface area contributed by atoms with E-state index in [-0.39, 0.29) is 11.7 Å². The van der Waals surface area contributed by atoms with Crippen molar-refractivity contribution in [2.45, 2.75) is 6.92 Å². The lowest BCUT2D eigenvalue weighted by Crippen LogP contribution is -2.13. The normalized spacial score (nSPS) is 10.2. The summed E-state index contributed by atoms with van der Waals surface area (Å²) in [5.74, 6) is -0.554. The maximum absolute atomic E-state index is 12.9. The predicted octanol–water partition coefficient (Wildman–Crippen LogP) is 3.39. The Bertz CT molecular complexity index is 601. The number of aromatic nitrogens is 1. The lowest BCUT2D eigenvalue weighted by Gasteiger charge is -2.07. The van der Waals surface area contributed by atoms with E-state index in [1.165, 1.54) is 12.1 Å². The van der Waals surface area contributed by atoms with Crippen LogP contribution in [0.2, 0.25) is 0 Å². The first kappa shape index (κ1) is 12.9. The van der Waals surface area contributed by atoms with Crippen molar-refractivity contribution >= 4 is 34.2 Å². The second-order valence-electron chi connectivity index (χ2n) is 3.76. The molecule has 0 unspecified atom stereocenters. The van der Waals surface area contributed by atoms with Crippen LogP contribution in [0.25, 0.3) is 0 Å². The molecule has 0 fully saturated rings. The first-order valence-corrected chi connectivity index (χ1v) is 6.33. The molecule has 5 heteroatoms. The summed E-state index contributed by atoms with van der Waals surface area (Å²) in [6.45, 7) is 1.82. The van der Waals surface area contributed by atoms with Gasteiger partial charge in [0.05, 0.1) is 5.69 Å². The number of pyridine rings is 1. The Hall–Kier alpha value is -1.50. The van der Waals surface area contributed by atoms with E-state index in [1.807, 2.05) is 29.5 Å². The molecule has 0 atom stereocenters. The average Bonchev–Trinajstić information content (AvgIpc) is 2.32. The van der Waals surface area contributed by atoms with Crippen LogP contribution in [0, 0.1) is 16.3 Å². The van der Waals surface area contributed by atoms with Gasteiger partial charge < -0.3 is 5.32 Å². The van der Waals surface area contributed by atoms with E-state index in [4.69, 9.17) is 0 Å². The molecule has 0 saturated carbocycles. The fraction of sp³-hybridized carbons (Fsp3) is 0.0769. The molecule has 1 amide bonds. The van der Waals surface area contributed by atoms with E-state index in [0.717, 1.165) is 5.69 Å². The minimum atomic E-state index is -0.322. The standard InChI is InChI=1S/C13H10FIN2O/c1-8-6-9(4-5-16-8)13(18)17-12-3-2-10(14)7-11(12)15/h2-7H,1H3,(H,17,18). The number of carbonyl (C=O) groups is 1.